The Labute approximate surface area is 115 Å². The number of nitro groups is 1. The number of hydrogen-bond donors (Lipinski definition) is 1. The number of hydrogen-bond acceptors (Lipinski definition) is 6. The van der Waals surface area contributed by atoms with Crippen LogP contribution in [0.25, 0.3) is 11.4 Å². The Morgan fingerprint density at radius 2 is 2.20 bits per heavy atom. The summed E-state index contributed by atoms with van der Waals surface area (Å²) in [5, 5.41) is 14.8. The molecule has 106 valence electrons. The highest BCUT2D eigenvalue weighted by Crippen LogP contribution is 2.27. The summed E-state index contributed by atoms with van der Waals surface area (Å²) in [4.78, 5) is 14.7. The Morgan fingerprint density at radius 3 is 2.90 bits per heavy atom. The highest BCUT2D eigenvalue weighted by atomic mass is 16.6. The fourth-order valence-electron chi connectivity index (χ4n) is 1.97. The summed E-state index contributed by atoms with van der Waals surface area (Å²) in [5.41, 5.74) is 6.21. The van der Waals surface area contributed by atoms with E-state index >= 15 is 0 Å². The first-order valence-corrected chi connectivity index (χ1v) is 6.43. The minimum Gasteiger partial charge on any atom is -0.339 e. The van der Waals surface area contributed by atoms with E-state index in [-0.39, 0.29) is 17.6 Å². The highest BCUT2D eigenvalue weighted by molar-refractivity contribution is 5.67. The minimum atomic E-state index is -0.464. The van der Waals surface area contributed by atoms with E-state index in [1.807, 2.05) is 6.92 Å². The van der Waals surface area contributed by atoms with Gasteiger partial charge >= 0.3 is 0 Å². The summed E-state index contributed by atoms with van der Waals surface area (Å²) in [6.07, 6.45) is 2.32. The lowest BCUT2D eigenvalue weighted by atomic mass is 10.1. The molecule has 0 aliphatic heterocycles. The van der Waals surface area contributed by atoms with Gasteiger partial charge in [-0.05, 0) is 12.5 Å². The van der Waals surface area contributed by atoms with E-state index in [0.717, 1.165) is 12.8 Å². The first kappa shape index (κ1) is 14.1. The number of aromatic nitrogens is 2. The second-order valence-electron chi connectivity index (χ2n) is 4.54. The highest BCUT2D eigenvalue weighted by Gasteiger charge is 2.19. The summed E-state index contributed by atoms with van der Waals surface area (Å²) < 4.78 is 5.11. The van der Waals surface area contributed by atoms with Gasteiger partial charge in [0.2, 0.25) is 11.7 Å². The fourth-order valence-corrected chi connectivity index (χ4v) is 1.97. The molecular formula is C13H16N4O3. The minimum absolute atomic E-state index is 0.0425. The third-order valence-electron chi connectivity index (χ3n) is 2.91. The molecule has 1 atom stereocenters. The van der Waals surface area contributed by atoms with Gasteiger partial charge in [-0.1, -0.05) is 30.6 Å². The maximum absolute atomic E-state index is 11.0. The Morgan fingerprint density at radius 1 is 1.45 bits per heavy atom. The van der Waals surface area contributed by atoms with Crippen molar-refractivity contribution in [2.75, 3.05) is 0 Å². The molecule has 1 heterocycles. The zero-order chi connectivity index (χ0) is 14.5. The quantitative estimate of drug-likeness (QED) is 0.640. The van der Waals surface area contributed by atoms with E-state index in [9.17, 15) is 10.1 Å². The van der Waals surface area contributed by atoms with Gasteiger partial charge in [-0.15, -0.1) is 0 Å². The van der Waals surface area contributed by atoms with Crippen molar-refractivity contribution in [2.45, 2.75) is 32.2 Å². The lowest BCUT2D eigenvalue weighted by Crippen LogP contribution is -2.22. The molecule has 1 aromatic carbocycles. The number of nitro benzene ring substituents is 1. The van der Waals surface area contributed by atoms with Crippen molar-refractivity contribution in [3.8, 4) is 11.4 Å². The summed E-state index contributed by atoms with van der Waals surface area (Å²) in [5.74, 6) is 0.620. The first-order valence-electron chi connectivity index (χ1n) is 6.43. The topological polar surface area (TPSA) is 108 Å². The summed E-state index contributed by atoms with van der Waals surface area (Å²) in [7, 11) is 0. The van der Waals surface area contributed by atoms with Crippen molar-refractivity contribution < 1.29 is 9.45 Å². The molecule has 0 saturated heterocycles. The molecule has 7 nitrogen and oxygen atoms in total. The Kier molecular flexibility index (Phi) is 4.41. The second kappa shape index (κ2) is 6.25. The number of benzene rings is 1. The van der Waals surface area contributed by atoms with Crippen LogP contribution < -0.4 is 5.73 Å². The van der Waals surface area contributed by atoms with Gasteiger partial charge in [0, 0.05) is 18.5 Å². The molecule has 0 aliphatic carbocycles. The number of rotatable bonds is 6. The smallest absolute Gasteiger partial charge is 0.280 e. The van der Waals surface area contributed by atoms with Gasteiger partial charge in [-0.3, -0.25) is 10.1 Å². The first-order chi connectivity index (χ1) is 9.61. The van der Waals surface area contributed by atoms with Crippen LogP contribution >= 0.6 is 0 Å². The lowest BCUT2D eigenvalue weighted by molar-refractivity contribution is -0.384. The predicted octanol–water partition coefficient (Wildman–Crippen LogP) is 2.31. The molecule has 0 amide bonds. The molecule has 0 aliphatic rings. The molecule has 1 aromatic heterocycles. The van der Waals surface area contributed by atoms with Crippen LogP contribution in [0.3, 0.4) is 0 Å². The van der Waals surface area contributed by atoms with Crippen LogP contribution in [0.5, 0.6) is 0 Å². The predicted molar refractivity (Wildman–Crippen MR) is 73.0 cm³/mol. The van der Waals surface area contributed by atoms with Crippen molar-refractivity contribution >= 4 is 5.69 Å². The average Bonchev–Trinajstić information content (AvgIpc) is 2.87. The van der Waals surface area contributed by atoms with Crippen molar-refractivity contribution in [2.24, 2.45) is 5.73 Å². The van der Waals surface area contributed by atoms with Crippen molar-refractivity contribution in [3.63, 3.8) is 0 Å². The van der Waals surface area contributed by atoms with Crippen molar-refractivity contribution in [1.29, 1.82) is 0 Å². The fraction of sp³-hybridized carbons (Fsp3) is 0.385. The molecule has 0 radical (unpaired) electrons. The van der Waals surface area contributed by atoms with Crippen molar-refractivity contribution in [1.82, 2.24) is 10.1 Å². The molecule has 0 spiro atoms. The molecule has 0 bridgehead atoms. The van der Waals surface area contributed by atoms with Gasteiger partial charge in [0.1, 0.15) is 5.56 Å². The number of nitrogens with zero attached hydrogens (tertiary/aromatic N) is 3. The van der Waals surface area contributed by atoms with Gasteiger partial charge < -0.3 is 10.3 Å². The lowest BCUT2D eigenvalue weighted by Gasteiger charge is -2.05. The molecule has 7 heteroatoms. The molecule has 0 fully saturated rings. The van der Waals surface area contributed by atoms with Gasteiger partial charge in [0.15, 0.2) is 0 Å². The SMILES string of the molecule is CCCC(N)Cc1nc(-c2ccccc2[N+](=O)[O-])no1. The molecule has 2 aromatic rings. The summed E-state index contributed by atoms with van der Waals surface area (Å²) >= 11 is 0. The summed E-state index contributed by atoms with van der Waals surface area (Å²) in [6, 6.07) is 6.26. The zero-order valence-electron chi connectivity index (χ0n) is 11.2. The van der Waals surface area contributed by atoms with Crippen LogP contribution in [-0.2, 0) is 6.42 Å². The largest absolute Gasteiger partial charge is 0.339 e. The van der Waals surface area contributed by atoms with Crippen LogP contribution in [0.4, 0.5) is 5.69 Å². The Balaban J connectivity index is 2.23. The number of nitrogens with two attached hydrogens (primary N) is 1. The van der Waals surface area contributed by atoms with Gasteiger partial charge in [-0.25, -0.2) is 0 Å². The molecule has 2 N–H and O–H groups in total. The van der Waals surface area contributed by atoms with Crippen LogP contribution in [0.1, 0.15) is 25.7 Å². The normalized spacial score (nSPS) is 12.3. The van der Waals surface area contributed by atoms with Crippen LogP contribution in [-0.4, -0.2) is 21.1 Å². The number of para-hydroxylation sites is 1. The van der Waals surface area contributed by atoms with Crippen molar-refractivity contribution in [3.05, 3.63) is 40.3 Å². The van der Waals surface area contributed by atoms with E-state index in [4.69, 9.17) is 10.3 Å². The van der Waals surface area contributed by atoms with Crippen LogP contribution in [0, 0.1) is 10.1 Å². The molecule has 20 heavy (non-hydrogen) atoms. The average molecular weight is 276 g/mol. The van der Waals surface area contributed by atoms with E-state index in [0.29, 0.717) is 17.9 Å². The van der Waals surface area contributed by atoms with E-state index in [2.05, 4.69) is 10.1 Å². The molecule has 0 saturated carbocycles. The summed E-state index contributed by atoms with van der Waals surface area (Å²) in [6.45, 7) is 2.05. The third-order valence-corrected chi connectivity index (χ3v) is 2.91. The molecular weight excluding hydrogens is 260 g/mol. The van der Waals surface area contributed by atoms with Crippen LogP contribution in [0.2, 0.25) is 0 Å². The van der Waals surface area contributed by atoms with E-state index in [1.165, 1.54) is 6.07 Å². The van der Waals surface area contributed by atoms with Gasteiger partial charge in [-0.2, -0.15) is 4.98 Å². The van der Waals surface area contributed by atoms with Crippen LogP contribution in [0.15, 0.2) is 28.8 Å². The Bertz CT molecular complexity index is 597. The zero-order valence-corrected chi connectivity index (χ0v) is 11.2. The maximum Gasteiger partial charge on any atom is 0.280 e. The van der Waals surface area contributed by atoms with Gasteiger partial charge in [0.05, 0.1) is 4.92 Å². The monoisotopic (exact) mass is 276 g/mol. The standard InChI is InChI=1S/C13H16N4O3/c1-2-5-9(14)8-12-15-13(16-20-12)10-6-3-4-7-11(10)17(18)19/h3-4,6-7,9H,2,5,8,14H2,1H3. The van der Waals surface area contributed by atoms with E-state index in [1.54, 1.807) is 18.2 Å². The van der Waals surface area contributed by atoms with E-state index < -0.39 is 4.92 Å². The molecule has 2 rings (SSSR count). The third kappa shape index (κ3) is 3.18. The molecule has 1 unspecified atom stereocenters. The second-order valence-corrected chi connectivity index (χ2v) is 4.54. The van der Waals surface area contributed by atoms with Gasteiger partial charge in [0.25, 0.3) is 5.69 Å². The Hall–Kier alpha value is -2.28. The maximum atomic E-state index is 11.0.